The van der Waals surface area contributed by atoms with Gasteiger partial charge in [-0.25, -0.2) is 0 Å². The van der Waals surface area contributed by atoms with Gasteiger partial charge in [0.15, 0.2) is 0 Å². The maximum atomic E-state index is 11.0. The normalized spacial score (nSPS) is 31.7. The summed E-state index contributed by atoms with van der Waals surface area (Å²) in [6.07, 6.45) is 4.89. The molecule has 0 aromatic rings. The van der Waals surface area contributed by atoms with Crippen molar-refractivity contribution >= 4 is 5.97 Å². The molecular weight excluding hydrogens is 180 g/mol. The van der Waals surface area contributed by atoms with E-state index in [1.807, 2.05) is 13.8 Å². The van der Waals surface area contributed by atoms with E-state index in [4.69, 9.17) is 16.6 Å². The molecule has 0 saturated heterocycles. The Hall–Kier alpha value is -1.29. The molecule has 4 heteroatoms. The Labute approximate surface area is 83.3 Å². The van der Waals surface area contributed by atoms with Gasteiger partial charge >= 0.3 is 5.97 Å². The maximum absolute atomic E-state index is 11.0. The van der Waals surface area contributed by atoms with Crippen molar-refractivity contribution in [2.45, 2.75) is 19.4 Å². The lowest BCUT2D eigenvalue weighted by Crippen LogP contribution is -2.58. The summed E-state index contributed by atoms with van der Waals surface area (Å²) in [5.74, 6) is -1.70. The molecule has 14 heavy (non-hydrogen) atoms. The lowest BCUT2D eigenvalue weighted by molar-refractivity contribution is -0.142. The highest BCUT2D eigenvalue weighted by atomic mass is 16.4. The van der Waals surface area contributed by atoms with Crippen LogP contribution in [0.3, 0.4) is 0 Å². The van der Waals surface area contributed by atoms with Crippen molar-refractivity contribution in [2.24, 2.45) is 23.3 Å². The van der Waals surface area contributed by atoms with Gasteiger partial charge in [0.2, 0.25) is 0 Å². The Kier molecular flexibility index (Phi) is 2.66. The number of aliphatic carboxylic acids is 1. The first kappa shape index (κ1) is 10.8. The molecular formula is C10H16N2O2. The molecule has 0 radical (unpaired) electrons. The van der Waals surface area contributed by atoms with Gasteiger partial charge in [0.1, 0.15) is 0 Å². The fraction of sp³-hybridized carbons (Fsp3) is 0.500. The predicted octanol–water partition coefficient (Wildman–Crippen LogP) is 0.453. The van der Waals surface area contributed by atoms with Crippen LogP contribution in [0.15, 0.2) is 23.9 Å². The molecule has 0 spiro atoms. The smallest absolute Gasteiger partial charge is 0.312 e. The third-order valence-corrected chi connectivity index (χ3v) is 2.82. The topological polar surface area (TPSA) is 89.3 Å². The van der Waals surface area contributed by atoms with Crippen LogP contribution in [-0.4, -0.2) is 16.6 Å². The van der Waals surface area contributed by atoms with E-state index < -0.39 is 17.4 Å². The van der Waals surface area contributed by atoms with Crippen LogP contribution >= 0.6 is 0 Å². The van der Waals surface area contributed by atoms with Crippen molar-refractivity contribution in [2.75, 3.05) is 0 Å². The van der Waals surface area contributed by atoms with Gasteiger partial charge in [0, 0.05) is 5.70 Å². The van der Waals surface area contributed by atoms with E-state index in [2.05, 4.69) is 0 Å². The molecule has 0 saturated carbocycles. The monoisotopic (exact) mass is 196 g/mol. The van der Waals surface area contributed by atoms with Crippen molar-refractivity contribution < 1.29 is 9.90 Å². The molecule has 1 aliphatic rings. The Balaban J connectivity index is 3.15. The van der Waals surface area contributed by atoms with Gasteiger partial charge in [0.25, 0.3) is 0 Å². The summed E-state index contributed by atoms with van der Waals surface area (Å²) in [4.78, 5) is 11.0. The average Bonchev–Trinajstić information content (AvgIpc) is 2.08. The van der Waals surface area contributed by atoms with Crippen LogP contribution < -0.4 is 11.5 Å². The fourth-order valence-corrected chi connectivity index (χ4v) is 1.73. The minimum atomic E-state index is -0.972. The highest BCUT2D eigenvalue weighted by Crippen LogP contribution is 2.32. The zero-order valence-electron chi connectivity index (χ0n) is 8.40. The van der Waals surface area contributed by atoms with Crippen molar-refractivity contribution in [1.29, 1.82) is 0 Å². The van der Waals surface area contributed by atoms with Crippen molar-refractivity contribution in [3.63, 3.8) is 0 Å². The maximum Gasteiger partial charge on any atom is 0.312 e. The number of carboxylic acid groups (broad SMARTS) is 1. The highest BCUT2D eigenvalue weighted by Gasteiger charge is 2.44. The zero-order chi connectivity index (χ0) is 10.9. The number of nitrogens with two attached hydrogens (primary N) is 2. The van der Waals surface area contributed by atoms with E-state index in [1.165, 1.54) is 0 Å². The minimum absolute atomic E-state index is 0.0233. The van der Waals surface area contributed by atoms with Crippen LogP contribution in [-0.2, 0) is 4.79 Å². The van der Waals surface area contributed by atoms with E-state index in [0.717, 1.165) is 0 Å². The van der Waals surface area contributed by atoms with Crippen LogP contribution in [0.1, 0.15) is 13.8 Å². The quantitative estimate of drug-likeness (QED) is 0.598. The number of allylic oxidation sites excluding steroid dienone is 2. The van der Waals surface area contributed by atoms with Gasteiger partial charge < -0.3 is 16.6 Å². The molecule has 0 aromatic carbocycles. The van der Waals surface area contributed by atoms with Gasteiger partial charge in [-0.05, 0) is 12.0 Å². The third kappa shape index (κ3) is 1.42. The largest absolute Gasteiger partial charge is 0.481 e. The van der Waals surface area contributed by atoms with E-state index in [0.29, 0.717) is 5.70 Å². The standard InChI is InChI=1S/C10H16N2O2/c1-6(2)10(12)7(9(13)14)4-3-5-8(10)11/h3-7H,11-12H2,1-2H3,(H,13,14). The molecule has 0 amide bonds. The summed E-state index contributed by atoms with van der Waals surface area (Å²) in [5.41, 5.74) is 11.3. The number of rotatable bonds is 2. The van der Waals surface area contributed by atoms with E-state index in [-0.39, 0.29) is 5.92 Å². The Morgan fingerprint density at radius 3 is 2.57 bits per heavy atom. The second kappa shape index (κ2) is 3.46. The van der Waals surface area contributed by atoms with Crippen LogP contribution in [0.4, 0.5) is 0 Å². The molecule has 0 aliphatic heterocycles. The van der Waals surface area contributed by atoms with Crippen molar-refractivity contribution in [1.82, 2.24) is 0 Å². The Bertz CT molecular complexity index is 307. The Morgan fingerprint density at radius 1 is 1.64 bits per heavy atom. The molecule has 1 aliphatic carbocycles. The van der Waals surface area contributed by atoms with E-state index in [1.54, 1.807) is 18.2 Å². The summed E-state index contributed by atoms with van der Waals surface area (Å²) in [6.45, 7) is 3.74. The summed E-state index contributed by atoms with van der Waals surface area (Å²) in [6, 6.07) is 0. The van der Waals surface area contributed by atoms with Gasteiger partial charge in [-0.15, -0.1) is 0 Å². The van der Waals surface area contributed by atoms with Crippen LogP contribution in [0.25, 0.3) is 0 Å². The molecule has 2 unspecified atom stereocenters. The molecule has 0 heterocycles. The van der Waals surface area contributed by atoms with Crippen molar-refractivity contribution in [3.8, 4) is 0 Å². The van der Waals surface area contributed by atoms with Gasteiger partial charge in [-0.1, -0.05) is 26.0 Å². The fourth-order valence-electron chi connectivity index (χ4n) is 1.73. The first-order chi connectivity index (χ1) is 6.40. The summed E-state index contributed by atoms with van der Waals surface area (Å²) in [7, 11) is 0. The summed E-state index contributed by atoms with van der Waals surface area (Å²) in [5, 5.41) is 9.03. The number of hydrogen-bond donors (Lipinski definition) is 3. The molecule has 1 rings (SSSR count). The molecule has 0 aromatic heterocycles. The summed E-state index contributed by atoms with van der Waals surface area (Å²) < 4.78 is 0. The van der Waals surface area contributed by atoms with E-state index in [9.17, 15) is 4.79 Å². The van der Waals surface area contributed by atoms with Crippen LogP contribution in [0.5, 0.6) is 0 Å². The molecule has 5 N–H and O–H groups in total. The molecule has 2 atom stereocenters. The first-order valence-electron chi connectivity index (χ1n) is 4.56. The predicted molar refractivity (Wildman–Crippen MR) is 54.3 cm³/mol. The molecule has 78 valence electrons. The van der Waals surface area contributed by atoms with Gasteiger partial charge in [-0.2, -0.15) is 0 Å². The summed E-state index contributed by atoms with van der Waals surface area (Å²) >= 11 is 0. The second-order valence-corrected chi connectivity index (χ2v) is 3.91. The molecule has 0 bridgehead atoms. The number of carbonyl (C=O) groups is 1. The van der Waals surface area contributed by atoms with E-state index >= 15 is 0 Å². The lowest BCUT2D eigenvalue weighted by Gasteiger charge is -2.39. The highest BCUT2D eigenvalue weighted by molar-refractivity contribution is 5.76. The molecule has 4 nitrogen and oxygen atoms in total. The van der Waals surface area contributed by atoms with Gasteiger partial charge in [-0.3, -0.25) is 4.79 Å². The Morgan fingerprint density at radius 2 is 2.21 bits per heavy atom. The average molecular weight is 196 g/mol. The number of hydrogen-bond acceptors (Lipinski definition) is 3. The van der Waals surface area contributed by atoms with Crippen LogP contribution in [0, 0.1) is 11.8 Å². The van der Waals surface area contributed by atoms with Crippen LogP contribution in [0.2, 0.25) is 0 Å². The first-order valence-corrected chi connectivity index (χ1v) is 4.56. The third-order valence-electron chi connectivity index (χ3n) is 2.82. The zero-order valence-corrected chi connectivity index (χ0v) is 8.40. The van der Waals surface area contributed by atoms with Gasteiger partial charge in [0.05, 0.1) is 11.5 Å². The second-order valence-electron chi connectivity index (χ2n) is 3.91. The van der Waals surface area contributed by atoms with Crippen molar-refractivity contribution in [3.05, 3.63) is 23.9 Å². The SMILES string of the molecule is CC(C)C1(N)C(N)=CC=CC1C(=O)O. The minimum Gasteiger partial charge on any atom is -0.481 e. The number of carboxylic acids is 1. The lowest BCUT2D eigenvalue weighted by atomic mass is 9.71. The molecule has 0 fully saturated rings.